The normalized spacial score (nSPS) is 10.1. The molecule has 0 unspecified atom stereocenters. The molecule has 0 radical (unpaired) electrons. The van der Waals surface area contributed by atoms with Gasteiger partial charge in [-0.05, 0) is 24.3 Å². The van der Waals surface area contributed by atoms with Crippen molar-refractivity contribution >= 4 is 40.8 Å². The molecule has 0 saturated heterocycles. The van der Waals surface area contributed by atoms with Gasteiger partial charge in [-0.3, -0.25) is 4.79 Å². The van der Waals surface area contributed by atoms with Gasteiger partial charge in [0.05, 0.1) is 5.02 Å². The van der Waals surface area contributed by atoms with Crippen molar-refractivity contribution in [2.24, 2.45) is 0 Å². The summed E-state index contributed by atoms with van der Waals surface area (Å²) in [5.41, 5.74) is 0.0287. The molecule has 2 rings (SSSR count). The fraction of sp³-hybridized carbons (Fsp3) is 0. The fourth-order valence-corrected chi connectivity index (χ4v) is 1.73. The highest BCUT2D eigenvalue weighted by Crippen LogP contribution is 2.18. The summed E-state index contributed by atoms with van der Waals surface area (Å²) in [5.74, 6) is -1.79. The third-order valence-electron chi connectivity index (χ3n) is 2.26. The van der Waals surface area contributed by atoms with Gasteiger partial charge in [0.1, 0.15) is 16.5 Å². The number of rotatable bonds is 3. The molecule has 2 N–H and O–H groups in total. The number of hydrogen-bond donors (Lipinski definition) is 2. The van der Waals surface area contributed by atoms with Gasteiger partial charge in [0, 0.05) is 11.9 Å². The third-order valence-corrected chi connectivity index (χ3v) is 2.78. The molecule has 0 aliphatic carbocycles. The zero-order valence-corrected chi connectivity index (χ0v) is 11.3. The van der Waals surface area contributed by atoms with E-state index >= 15 is 0 Å². The largest absolute Gasteiger partial charge is 0.477 e. The van der Waals surface area contributed by atoms with Crippen LogP contribution in [0.2, 0.25) is 10.2 Å². The number of aromatic carboxylic acids is 1. The first-order valence-electron chi connectivity index (χ1n) is 5.30. The molecule has 0 spiro atoms. The fourth-order valence-electron chi connectivity index (χ4n) is 1.39. The zero-order valence-electron chi connectivity index (χ0n) is 9.80. The quantitative estimate of drug-likeness (QED) is 0.850. The van der Waals surface area contributed by atoms with Crippen LogP contribution in [0.3, 0.4) is 0 Å². The lowest BCUT2D eigenvalue weighted by atomic mass is 10.3. The summed E-state index contributed by atoms with van der Waals surface area (Å²) in [5, 5.41) is 11.6. The number of aromatic nitrogens is 2. The van der Waals surface area contributed by atoms with Gasteiger partial charge < -0.3 is 10.4 Å². The number of halogens is 2. The van der Waals surface area contributed by atoms with E-state index in [9.17, 15) is 9.59 Å². The maximum Gasteiger partial charge on any atom is 0.354 e. The van der Waals surface area contributed by atoms with E-state index in [0.717, 1.165) is 0 Å². The Morgan fingerprint density at radius 2 is 1.95 bits per heavy atom. The number of carboxylic acid groups (broad SMARTS) is 1. The molecule has 0 aliphatic rings. The molecule has 0 saturated carbocycles. The van der Waals surface area contributed by atoms with Crippen molar-refractivity contribution in [2.45, 2.75) is 0 Å². The standard InChI is InChI=1S/C12H7Cl2N3O3/c13-7-1-2-9(14)17-10(7)11(18)16-6-3-4-15-8(5-6)12(19)20/h1-5H,(H,19,20)(H,15,16,18). The van der Waals surface area contributed by atoms with Gasteiger partial charge in [0.15, 0.2) is 0 Å². The predicted octanol–water partition coefficient (Wildman–Crippen LogP) is 2.73. The summed E-state index contributed by atoms with van der Waals surface area (Å²) in [6, 6.07) is 5.57. The Kier molecular flexibility index (Phi) is 4.16. The minimum absolute atomic E-state index is 0.0483. The lowest BCUT2D eigenvalue weighted by Gasteiger charge is -2.06. The summed E-state index contributed by atoms with van der Waals surface area (Å²) < 4.78 is 0. The molecule has 8 heteroatoms. The summed E-state index contributed by atoms with van der Waals surface area (Å²) >= 11 is 11.5. The van der Waals surface area contributed by atoms with Crippen LogP contribution in [0.1, 0.15) is 21.0 Å². The zero-order chi connectivity index (χ0) is 14.7. The molecule has 2 aromatic rings. The molecule has 102 valence electrons. The number of hydrogen-bond acceptors (Lipinski definition) is 4. The number of anilines is 1. The number of carbonyl (C=O) groups excluding carboxylic acids is 1. The predicted molar refractivity (Wildman–Crippen MR) is 73.4 cm³/mol. The van der Waals surface area contributed by atoms with Crippen molar-refractivity contribution in [3.63, 3.8) is 0 Å². The van der Waals surface area contributed by atoms with E-state index < -0.39 is 11.9 Å². The highest BCUT2D eigenvalue weighted by atomic mass is 35.5. The molecule has 0 fully saturated rings. The van der Waals surface area contributed by atoms with E-state index in [0.29, 0.717) is 0 Å². The maximum atomic E-state index is 12.0. The van der Waals surface area contributed by atoms with Crippen LogP contribution < -0.4 is 5.32 Å². The van der Waals surface area contributed by atoms with Crippen molar-refractivity contribution in [2.75, 3.05) is 5.32 Å². The van der Waals surface area contributed by atoms with Crippen molar-refractivity contribution in [3.8, 4) is 0 Å². The first kappa shape index (κ1) is 14.2. The molecule has 2 aromatic heterocycles. The summed E-state index contributed by atoms with van der Waals surface area (Å²) in [6.07, 6.45) is 1.27. The first-order valence-corrected chi connectivity index (χ1v) is 6.05. The number of nitrogens with zero attached hydrogens (tertiary/aromatic N) is 2. The van der Waals surface area contributed by atoms with Crippen molar-refractivity contribution in [1.29, 1.82) is 0 Å². The van der Waals surface area contributed by atoms with Crippen LogP contribution in [0, 0.1) is 0 Å². The van der Waals surface area contributed by atoms with E-state index in [1.54, 1.807) is 0 Å². The van der Waals surface area contributed by atoms with Crippen LogP contribution in [-0.4, -0.2) is 27.0 Å². The number of carbonyl (C=O) groups is 2. The second kappa shape index (κ2) is 5.85. The molecule has 0 aliphatic heterocycles. The van der Waals surface area contributed by atoms with Gasteiger partial charge in [0.2, 0.25) is 0 Å². The minimum atomic E-state index is -1.19. The van der Waals surface area contributed by atoms with E-state index in [2.05, 4.69) is 15.3 Å². The van der Waals surface area contributed by atoms with E-state index in [1.807, 2.05) is 0 Å². The molecule has 0 aromatic carbocycles. The van der Waals surface area contributed by atoms with Gasteiger partial charge in [-0.2, -0.15) is 0 Å². The Hall–Kier alpha value is -2.18. The highest BCUT2D eigenvalue weighted by Gasteiger charge is 2.14. The van der Waals surface area contributed by atoms with Crippen molar-refractivity contribution < 1.29 is 14.7 Å². The molecular weight excluding hydrogens is 305 g/mol. The van der Waals surface area contributed by atoms with Crippen LogP contribution in [0.15, 0.2) is 30.5 Å². The molecule has 2 heterocycles. The van der Waals surface area contributed by atoms with E-state index in [-0.39, 0.29) is 27.3 Å². The number of amides is 1. The molecule has 0 atom stereocenters. The average Bonchev–Trinajstić information content (AvgIpc) is 2.41. The van der Waals surface area contributed by atoms with Crippen LogP contribution in [-0.2, 0) is 0 Å². The Morgan fingerprint density at radius 1 is 1.20 bits per heavy atom. The SMILES string of the molecule is O=C(O)c1cc(NC(=O)c2nc(Cl)ccc2Cl)ccn1. The van der Waals surface area contributed by atoms with E-state index in [1.165, 1.54) is 30.5 Å². The Morgan fingerprint density at radius 3 is 2.65 bits per heavy atom. The first-order chi connectivity index (χ1) is 9.47. The Bertz CT molecular complexity index is 691. The lowest BCUT2D eigenvalue weighted by molar-refractivity contribution is 0.0690. The molecule has 20 heavy (non-hydrogen) atoms. The van der Waals surface area contributed by atoms with Gasteiger partial charge in [0.25, 0.3) is 5.91 Å². The number of pyridine rings is 2. The topological polar surface area (TPSA) is 92.2 Å². The summed E-state index contributed by atoms with van der Waals surface area (Å²) in [4.78, 5) is 30.2. The molecular formula is C12H7Cl2N3O3. The average molecular weight is 312 g/mol. The lowest BCUT2D eigenvalue weighted by Crippen LogP contribution is -2.15. The second-order valence-corrected chi connectivity index (χ2v) is 4.45. The smallest absolute Gasteiger partial charge is 0.354 e. The van der Waals surface area contributed by atoms with Crippen LogP contribution in [0.25, 0.3) is 0 Å². The molecule has 6 nitrogen and oxygen atoms in total. The molecule has 1 amide bonds. The summed E-state index contributed by atoms with van der Waals surface area (Å²) in [6.45, 7) is 0. The highest BCUT2D eigenvalue weighted by molar-refractivity contribution is 6.35. The number of nitrogens with one attached hydrogen (secondary N) is 1. The van der Waals surface area contributed by atoms with Crippen molar-refractivity contribution in [1.82, 2.24) is 9.97 Å². The number of carboxylic acids is 1. The van der Waals surface area contributed by atoms with Gasteiger partial charge in [-0.1, -0.05) is 23.2 Å². The second-order valence-electron chi connectivity index (χ2n) is 3.65. The van der Waals surface area contributed by atoms with Crippen LogP contribution in [0.5, 0.6) is 0 Å². The van der Waals surface area contributed by atoms with Gasteiger partial charge in [-0.15, -0.1) is 0 Å². The van der Waals surface area contributed by atoms with Crippen LogP contribution >= 0.6 is 23.2 Å². The Balaban J connectivity index is 2.25. The minimum Gasteiger partial charge on any atom is -0.477 e. The summed E-state index contributed by atoms with van der Waals surface area (Å²) in [7, 11) is 0. The maximum absolute atomic E-state index is 12.0. The van der Waals surface area contributed by atoms with Gasteiger partial charge in [-0.25, -0.2) is 14.8 Å². The van der Waals surface area contributed by atoms with E-state index in [4.69, 9.17) is 28.3 Å². The van der Waals surface area contributed by atoms with Gasteiger partial charge >= 0.3 is 5.97 Å². The van der Waals surface area contributed by atoms with Crippen LogP contribution in [0.4, 0.5) is 5.69 Å². The monoisotopic (exact) mass is 311 g/mol. The molecule has 0 bridgehead atoms. The third kappa shape index (κ3) is 3.23. The Labute approximate surface area is 123 Å². The van der Waals surface area contributed by atoms with Crippen molar-refractivity contribution in [3.05, 3.63) is 52.0 Å².